The van der Waals surface area contributed by atoms with E-state index < -0.39 is 0 Å². The Morgan fingerprint density at radius 3 is 2.70 bits per heavy atom. The van der Waals surface area contributed by atoms with Gasteiger partial charge >= 0.3 is 5.95 Å². The summed E-state index contributed by atoms with van der Waals surface area (Å²) in [6.45, 7) is 0. The number of phenolic OH excluding ortho intramolecular Hbond substituents is 1. The molecule has 0 amide bonds. The van der Waals surface area contributed by atoms with Crippen LogP contribution >= 0.6 is 0 Å². The Morgan fingerprint density at radius 1 is 1.10 bits per heavy atom. The molecule has 0 spiro atoms. The molecule has 0 bridgehead atoms. The SMILES string of the molecule is Oc1ccccc1N=Cc1nc(-c2ccco2)oc1O. The molecule has 0 aliphatic heterocycles. The Morgan fingerprint density at radius 2 is 1.95 bits per heavy atom. The van der Waals surface area contributed by atoms with E-state index in [4.69, 9.17) is 8.83 Å². The number of aromatic hydroxyl groups is 2. The van der Waals surface area contributed by atoms with Crippen molar-refractivity contribution in [3.05, 3.63) is 48.4 Å². The summed E-state index contributed by atoms with van der Waals surface area (Å²) in [6, 6.07) is 9.93. The molecule has 2 N–H and O–H groups in total. The van der Waals surface area contributed by atoms with Crippen LogP contribution in [0, 0.1) is 0 Å². The second-order valence-corrected chi connectivity index (χ2v) is 3.93. The molecule has 2 heterocycles. The van der Waals surface area contributed by atoms with Crippen LogP contribution in [-0.4, -0.2) is 21.4 Å². The normalized spacial score (nSPS) is 11.2. The number of oxazole rings is 1. The first kappa shape index (κ1) is 12.0. The van der Waals surface area contributed by atoms with E-state index in [0.29, 0.717) is 11.4 Å². The third-order valence-electron chi connectivity index (χ3n) is 2.57. The number of benzene rings is 1. The van der Waals surface area contributed by atoms with E-state index in [1.807, 2.05) is 0 Å². The van der Waals surface area contributed by atoms with E-state index in [-0.39, 0.29) is 23.3 Å². The molecule has 0 fully saturated rings. The van der Waals surface area contributed by atoms with Crippen molar-refractivity contribution in [2.75, 3.05) is 0 Å². The predicted octanol–water partition coefficient (Wildman–Crippen LogP) is 3.10. The standard InChI is InChI=1S/C14H10N2O4/c17-11-5-2-1-4-9(11)15-8-10-14(18)20-13(16-10)12-6-3-7-19-12/h1-8,17-18H. The first-order valence-electron chi connectivity index (χ1n) is 5.80. The molecule has 0 radical (unpaired) electrons. The summed E-state index contributed by atoms with van der Waals surface area (Å²) in [5, 5.41) is 19.2. The molecule has 0 atom stereocenters. The molecule has 0 saturated carbocycles. The van der Waals surface area contributed by atoms with Gasteiger partial charge in [-0.25, -0.2) is 4.98 Å². The summed E-state index contributed by atoms with van der Waals surface area (Å²) in [5.74, 6) is 0.238. The fourth-order valence-corrected chi connectivity index (χ4v) is 1.62. The lowest BCUT2D eigenvalue weighted by molar-refractivity contribution is 0.333. The molecular weight excluding hydrogens is 260 g/mol. The lowest BCUT2D eigenvalue weighted by Crippen LogP contribution is -1.82. The van der Waals surface area contributed by atoms with Gasteiger partial charge in [0.05, 0.1) is 12.5 Å². The second-order valence-electron chi connectivity index (χ2n) is 3.93. The van der Waals surface area contributed by atoms with E-state index in [9.17, 15) is 10.2 Å². The van der Waals surface area contributed by atoms with Gasteiger partial charge in [0.15, 0.2) is 11.5 Å². The van der Waals surface area contributed by atoms with Gasteiger partial charge in [0.25, 0.3) is 5.89 Å². The van der Waals surface area contributed by atoms with Crippen LogP contribution < -0.4 is 0 Å². The summed E-state index contributed by atoms with van der Waals surface area (Å²) in [6.07, 6.45) is 2.78. The molecule has 6 heteroatoms. The fraction of sp³-hybridized carbons (Fsp3) is 0. The van der Waals surface area contributed by atoms with Gasteiger partial charge in [-0.1, -0.05) is 12.1 Å². The van der Waals surface area contributed by atoms with Crippen molar-refractivity contribution < 1.29 is 19.0 Å². The summed E-state index contributed by atoms with van der Waals surface area (Å²) >= 11 is 0. The zero-order valence-electron chi connectivity index (χ0n) is 10.2. The fourth-order valence-electron chi connectivity index (χ4n) is 1.62. The maximum Gasteiger partial charge on any atom is 0.312 e. The van der Waals surface area contributed by atoms with Gasteiger partial charge in [-0.05, 0) is 24.3 Å². The molecule has 0 aliphatic rings. The van der Waals surface area contributed by atoms with E-state index in [2.05, 4.69) is 9.98 Å². The third-order valence-corrected chi connectivity index (χ3v) is 2.57. The summed E-state index contributed by atoms with van der Waals surface area (Å²) in [5.41, 5.74) is 0.522. The van der Waals surface area contributed by atoms with Crippen molar-refractivity contribution >= 4 is 11.9 Å². The smallest absolute Gasteiger partial charge is 0.312 e. The van der Waals surface area contributed by atoms with Gasteiger partial charge in [-0.3, -0.25) is 4.99 Å². The minimum atomic E-state index is -0.365. The van der Waals surface area contributed by atoms with Crippen LogP contribution in [0.4, 0.5) is 5.69 Å². The predicted molar refractivity (Wildman–Crippen MR) is 71.2 cm³/mol. The Balaban J connectivity index is 1.90. The Kier molecular flexibility index (Phi) is 2.96. The van der Waals surface area contributed by atoms with Crippen LogP contribution in [-0.2, 0) is 0 Å². The highest BCUT2D eigenvalue weighted by Crippen LogP contribution is 2.28. The molecule has 2 aromatic heterocycles. The van der Waals surface area contributed by atoms with Gasteiger partial charge < -0.3 is 19.0 Å². The van der Waals surface area contributed by atoms with E-state index >= 15 is 0 Å². The van der Waals surface area contributed by atoms with E-state index in [0.717, 1.165) is 0 Å². The highest BCUT2D eigenvalue weighted by molar-refractivity contribution is 5.83. The number of rotatable bonds is 3. The van der Waals surface area contributed by atoms with Gasteiger partial charge in [0, 0.05) is 0 Å². The largest absolute Gasteiger partial charge is 0.506 e. The lowest BCUT2D eigenvalue weighted by Gasteiger charge is -1.95. The van der Waals surface area contributed by atoms with Crippen molar-refractivity contribution in [3.63, 3.8) is 0 Å². The van der Waals surface area contributed by atoms with Crippen molar-refractivity contribution in [3.8, 4) is 23.3 Å². The minimum Gasteiger partial charge on any atom is -0.506 e. The third kappa shape index (κ3) is 2.26. The van der Waals surface area contributed by atoms with E-state index in [1.54, 1.807) is 30.3 Å². The zero-order valence-corrected chi connectivity index (χ0v) is 10.2. The molecule has 20 heavy (non-hydrogen) atoms. The maximum absolute atomic E-state index is 9.65. The maximum atomic E-state index is 9.65. The van der Waals surface area contributed by atoms with Gasteiger partial charge in [0.1, 0.15) is 11.4 Å². The van der Waals surface area contributed by atoms with Gasteiger partial charge in [-0.2, -0.15) is 0 Å². The first-order valence-corrected chi connectivity index (χ1v) is 5.80. The highest BCUT2D eigenvalue weighted by atomic mass is 16.5. The van der Waals surface area contributed by atoms with Crippen molar-refractivity contribution in [2.24, 2.45) is 4.99 Å². The number of para-hydroxylation sites is 2. The topological polar surface area (TPSA) is 92.0 Å². The van der Waals surface area contributed by atoms with Crippen LogP contribution in [0.5, 0.6) is 11.7 Å². The van der Waals surface area contributed by atoms with E-state index in [1.165, 1.54) is 18.5 Å². The molecule has 3 rings (SSSR count). The lowest BCUT2D eigenvalue weighted by atomic mass is 10.3. The molecule has 0 unspecified atom stereocenters. The average molecular weight is 270 g/mol. The zero-order chi connectivity index (χ0) is 13.9. The average Bonchev–Trinajstić information content (AvgIpc) is 3.07. The number of hydrogen-bond donors (Lipinski definition) is 2. The van der Waals surface area contributed by atoms with Gasteiger partial charge in [0.2, 0.25) is 0 Å². The number of aromatic nitrogens is 1. The molecule has 100 valence electrons. The number of hydrogen-bond acceptors (Lipinski definition) is 6. The van der Waals surface area contributed by atoms with Crippen molar-refractivity contribution in [1.29, 1.82) is 0 Å². The van der Waals surface area contributed by atoms with Crippen molar-refractivity contribution in [2.45, 2.75) is 0 Å². The molecule has 6 nitrogen and oxygen atoms in total. The summed E-state index contributed by atoms with van der Waals surface area (Å²) < 4.78 is 10.2. The van der Waals surface area contributed by atoms with Crippen molar-refractivity contribution in [1.82, 2.24) is 4.98 Å². The second kappa shape index (κ2) is 4.93. The van der Waals surface area contributed by atoms with Crippen LogP contribution in [0.3, 0.4) is 0 Å². The van der Waals surface area contributed by atoms with Gasteiger partial charge in [-0.15, -0.1) is 0 Å². The number of nitrogens with zero attached hydrogens (tertiary/aromatic N) is 2. The molecular formula is C14H10N2O4. The monoisotopic (exact) mass is 270 g/mol. The number of phenols is 1. The van der Waals surface area contributed by atoms with Crippen LogP contribution in [0.25, 0.3) is 11.7 Å². The number of furan rings is 1. The summed E-state index contributed by atoms with van der Waals surface area (Å²) in [7, 11) is 0. The summed E-state index contributed by atoms with van der Waals surface area (Å²) in [4.78, 5) is 8.10. The molecule has 3 aromatic rings. The highest BCUT2D eigenvalue weighted by Gasteiger charge is 2.14. The van der Waals surface area contributed by atoms with Crippen LogP contribution in [0.15, 0.2) is 56.5 Å². The molecule has 0 saturated heterocycles. The molecule has 0 aliphatic carbocycles. The minimum absolute atomic E-state index is 0.0398. The first-order chi connectivity index (χ1) is 9.74. The van der Waals surface area contributed by atoms with Crippen LogP contribution in [0.1, 0.15) is 5.69 Å². The Bertz CT molecular complexity index is 744. The van der Waals surface area contributed by atoms with Crippen LogP contribution in [0.2, 0.25) is 0 Å². The Labute approximate surface area is 113 Å². The quantitative estimate of drug-likeness (QED) is 0.713. The number of aliphatic imine (C=N–C) groups is 1. The Hall–Kier alpha value is -3.02. The molecule has 1 aromatic carbocycles.